The van der Waals surface area contributed by atoms with Gasteiger partial charge in [-0.2, -0.15) is 5.10 Å². The molecule has 1 saturated carbocycles. The van der Waals surface area contributed by atoms with Crippen molar-refractivity contribution in [3.05, 3.63) is 46.1 Å². The number of aldehydes is 1. The van der Waals surface area contributed by atoms with E-state index < -0.39 is 0 Å². The maximum atomic E-state index is 11.3. The fraction of sp³-hybridized carbons (Fsp3) is 0.526. The Kier molecular flexibility index (Phi) is 5.36. The zero-order valence-corrected chi connectivity index (χ0v) is 14.8. The largest absolute Gasteiger partial charge is 0.491 e. The molecule has 2 heterocycles. The quantitative estimate of drug-likeness (QED) is 0.816. The van der Waals surface area contributed by atoms with Crippen molar-refractivity contribution < 1.29 is 9.53 Å². The Labute approximate surface area is 147 Å². The SMILES string of the molecule is CC(C)n1nccc1C1CCCCC1COc1c[nH]c(=O)cc1C=O. The van der Waals surface area contributed by atoms with Crippen LogP contribution < -0.4 is 10.3 Å². The molecular formula is C19H25N3O3. The molecule has 0 radical (unpaired) electrons. The normalized spacial score (nSPS) is 20.6. The molecule has 1 N–H and O–H groups in total. The van der Waals surface area contributed by atoms with E-state index in [1.54, 1.807) is 0 Å². The standard InChI is InChI=1S/C19H25N3O3/c1-13(2)22-17(7-8-21-22)16-6-4-3-5-14(16)12-25-18-10-20-19(24)9-15(18)11-23/h7-11,13-14,16H,3-6,12H2,1-2H3,(H,20,24). The van der Waals surface area contributed by atoms with Crippen molar-refractivity contribution in [2.75, 3.05) is 6.61 Å². The van der Waals surface area contributed by atoms with Gasteiger partial charge in [0.05, 0.1) is 12.2 Å². The van der Waals surface area contributed by atoms with E-state index >= 15 is 0 Å². The molecule has 1 fully saturated rings. The molecule has 0 amide bonds. The van der Waals surface area contributed by atoms with E-state index in [9.17, 15) is 9.59 Å². The van der Waals surface area contributed by atoms with Crippen LogP contribution in [0.25, 0.3) is 0 Å². The predicted octanol–water partition coefficient (Wildman–Crippen LogP) is 3.32. The van der Waals surface area contributed by atoms with Crippen molar-refractivity contribution >= 4 is 6.29 Å². The summed E-state index contributed by atoms with van der Waals surface area (Å²) in [4.78, 5) is 25.1. The van der Waals surface area contributed by atoms with Crippen LogP contribution in [0.2, 0.25) is 0 Å². The van der Waals surface area contributed by atoms with E-state index in [1.165, 1.54) is 30.8 Å². The summed E-state index contributed by atoms with van der Waals surface area (Å²) in [7, 11) is 0. The number of hydrogen-bond acceptors (Lipinski definition) is 4. The molecule has 1 aliphatic carbocycles. The Morgan fingerprint density at radius 3 is 2.96 bits per heavy atom. The molecule has 2 atom stereocenters. The zero-order valence-electron chi connectivity index (χ0n) is 14.8. The number of rotatable bonds is 6. The molecular weight excluding hydrogens is 318 g/mol. The molecule has 0 bridgehead atoms. The Hall–Kier alpha value is -2.37. The van der Waals surface area contributed by atoms with Crippen LogP contribution in [-0.4, -0.2) is 27.7 Å². The van der Waals surface area contributed by atoms with E-state index in [0.717, 1.165) is 12.8 Å². The molecule has 3 rings (SSSR count). The summed E-state index contributed by atoms with van der Waals surface area (Å²) < 4.78 is 8.02. The molecule has 6 nitrogen and oxygen atoms in total. The molecule has 0 spiro atoms. The first-order valence-corrected chi connectivity index (χ1v) is 8.94. The van der Waals surface area contributed by atoms with Gasteiger partial charge >= 0.3 is 0 Å². The third-order valence-electron chi connectivity index (χ3n) is 4.98. The number of carbonyl (C=O) groups is 1. The van der Waals surface area contributed by atoms with E-state index in [4.69, 9.17) is 4.74 Å². The Balaban J connectivity index is 1.77. The van der Waals surface area contributed by atoms with Gasteiger partial charge in [0.25, 0.3) is 0 Å². The van der Waals surface area contributed by atoms with Gasteiger partial charge in [-0.1, -0.05) is 12.8 Å². The van der Waals surface area contributed by atoms with Crippen LogP contribution in [0, 0.1) is 5.92 Å². The van der Waals surface area contributed by atoms with Crippen molar-refractivity contribution in [1.29, 1.82) is 0 Å². The summed E-state index contributed by atoms with van der Waals surface area (Å²) in [6.45, 7) is 4.81. The molecule has 6 heteroatoms. The highest BCUT2D eigenvalue weighted by molar-refractivity contribution is 5.78. The molecule has 0 aromatic carbocycles. The van der Waals surface area contributed by atoms with Crippen LogP contribution in [-0.2, 0) is 0 Å². The van der Waals surface area contributed by atoms with Gasteiger partial charge in [-0.3, -0.25) is 14.3 Å². The minimum Gasteiger partial charge on any atom is -0.491 e. The summed E-state index contributed by atoms with van der Waals surface area (Å²) in [6.07, 6.45) is 8.62. The third-order valence-corrected chi connectivity index (χ3v) is 4.98. The predicted molar refractivity (Wildman–Crippen MR) is 95.3 cm³/mol. The first-order valence-electron chi connectivity index (χ1n) is 8.94. The van der Waals surface area contributed by atoms with Gasteiger partial charge in [-0.15, -0.1) is 0 Å². The Morgan fingerprint density at radius 1 is 1.40 bits per heavy atom. The van der Waals surface area contributed by atoms with Crippen molar-refractivity contribution in [2.45, 2.75) is 51.5 Å². The molecule has 0 aliphatic heterocycles. The summed E-state index contributed by atoms with van der Waals surface area (Å²) in [5.41, 5.74) is 1.26. The topological polar surface area (TPSA) is 77.0 Å². The van der Waals surface area contributed by atoms with E-state index in [-0.39, 0.29) is 5.56 Å². The highest BCUT2D eigenvalue weighted by atomic mass is 16.5. The van der Waals surface area contributed by atoms with Gasteiger partial charge in [0.1, 0.15) is 5.75 Å². The Bertz CT molecular complexity index is 778. The molecule has 2 aromatic heterocycles. The summed E-state index contributed by atoms with van der Waals surface area (Å²) in [5.74, 6) is 1.21. The zero-order chi connectivity index (χ0) is 17.8. The number of pyridine rings is 1. The number of carbonyl (C=O) groups excluding carboxylic acids is 1. The highest BCUT2D eigenvalue weighted by Gasteiger charge is 2.30. The van der Waals surface area contributed by atoms with Crippen LogP contribution >= 0.6 is 0 Å². The molecule has 2 aromatic rings. The number of aromatic nitrogens is 3. The second kappa shape index (κ2) is 7.68. The van der Waals surface area contributed by atoms with Gasteiger partial charge in [0, 0.05) is 42.0 Å². The van der Waals surface area contributed by atoms with Crippen molar-refractivity contribution in [1.82, 2.24) is 14.8 Å². The van der Waals surface area contributed by atoms with E-state index in [2.05, 4.69) is 34.7 Å². The fourth-order valence-electron chi connectivity index (χ4n) is 3.73. The average molecular weight is 343 g/mol. The van der Waals surface area contributed by atoms with Gasteiger partial charge in [0.15, 0.2) is 6.29 Å². The van der Waals surface area contributed by atoms with Gasteiger partial charge in [-0.25, -0.2) is 0 Å². The second-order valence-corrected chi connectivity index (χ2v) is 6.99. The van der Waals surface area contributed by atoms with Crippen LogP contribution in [0.3, 0.4) is 0 Å². The van der Waals surface area contributed by atoms with Crippen LogP contribution in [0.4, 0.5) is 0 Å². The molecule has 0 saturated heterocycles. The van der Waals surface area contributed by atoms with Crippen molar-refractivity contribution in [2.24, 2.45) is 5.92 Å². The minimum absolute atomic E-state index is 0.295. The number of nitrogens with zero attached hydrogens (tertiary/aromatic N) is 2. The van der Waals surface area contributed by atoms with Gasteiger partial charge in [-0.05, 0) is 32.8 Å². The number of nitrogens with one attached hydrogen (secondary N) is 1. The van der Waals surface area contributed by atoms with E-state index in [1.807, 2.05) is 6.20 Å². The van der Waals surface area contributed by atoms with E-state index in [0.29, 0.717) is 42.1 Å². The number of ether oxygens (including phenoxy) is 1. The number of hydrogen-bond donors (Lipinski definition) is 1. The molecule has 25 heavy (non-hydrogen) atoms. The first-order chi connectivity index (χ1) is 12.1. The highest BCUT2D eigenvalue weighted by Crippen LogP contribution is 2.38. The smallest absolute Gasteiger partial charge is 0.248 e. The lowest BCUT2D eigenvalue weighted by Crippen LogP contribution is -2.26. The summed E-state index contributed by atoms with van der Waals surface area (Å²) in [6, 6.07) is 3.71. The lowest BCUT2D eigenvalue weighted by atomic mass is 9.77. The summed E-state index contributed by atoms with van der Waals surface area (Å²) in [5, 5.41) is 4.47. The van der Waals surface area contributed by atoms with Crippen LogP contribution in [0.5, 0.6) is 5.75 Å². The van der Waals surface area contributed by atoms with Gasteiger partial charge < -0.3 is 9.72 Å². The monoisotopic (exact) mass is 343 g/mol. The first kappa shape index (κ1) is 17.5. The van der Waals surface area contributed by atoms with Crippen LogP contribution in [0.15, 0.2) is 29.3 Å². The number of H-pyrrole nitrogens is 1. The fourth-order valence-corrected chi connectivity index (χ4v) is 3.73. The lowest BCUT2D eigenvalue weighted by Gasteiger charge is -2.32. The molecule has 1 aliphatic rings. The Morgan fingerprint density at radius 2 is 2.20 bits per heavy atom. The maximum Gasteiger partial charge on any atom is 0.248 e. The minimum atomic E-state index is -0.300. The van der Waals surface area contributed by atoms with Crippen molar-refractivity contribution in [3.8, 4) is 5.75 Å². The molecule has 134 valence electrons. The number of aromatic amines is 1. The van der Waals surface area contributed by atoms with Gasteiger partial charge in [0.2, 0.25) is 5.56 Å². The van der Waals surface area contributed by atoms with Crippen molar-refractivity contribution in [3.63, 3.8) is 0 Å². The third kappa shape index (κ3) is 3.83. The summed E-state index contributed by atoms with van der Waals surface area (Å²) >= 11 is 0. The lowest BCUT2D eigenvalue weighted by molar-refractivity contribution is 0.111. The second-order valence-electron chi connectivity index (χ2n) is 6.99. The maximum absolute atomic E-state index is 11.3. The van der Waals surface area contributed by atoms with Crippen LogP contribution in [0.1, 0.15) is 67.5 Å². The average Bonchev–Trinajstić information content (AvgIpc) is 3.10. The molecule has 2 unspecified atom stereocenters.